The smallest absolute Gasteiger partial charge is 0.122 e. The predicted octanol–water partition coefficient (Wildman–Crippen LogP) is 2.21. The molecule has 0 spiro atoms. The van der Waals surface area contributed by atoms with Crippen molar-refractivity contribution in [3.63, 3.8) is 0 Å². The van der Waals surface area contributed by atoms with Crippen molar-refractivity contribution >= 4 is 0 Å². The highest BCUT2D eigenvalue weighted by Gasteiger charge is 2.22. The molecule has 0 radical (unpaired) electrons. The molecule has 0 aliphatic carbocycles. The fourth-order valence-corrected chi connectivity index (χ4v) is 2.83. The van der Waals surface area contributed by atoms with Gasteiger partial charge < -0.3 is 15.4 Å². The first-order chi connectivity index (χ1) is 8.63. The molecule has 0 saturated carbocycles. The largest absolute Gasteiger partial charge is 0.493 e. The molecule has 100 valence electrons. The Kier molecular flexibility index (Phi) is 4.25. The molecule has 1 aromatic rings. The van der Waals surface area contributed by atoms with Crippen LogP contribution in [0.4, 0.5) is 0 Å². The first-order valence-electron chi connectivity index (χ1n) is 6.75. The Morgan fingerprint density at radius 1 is 1.39 bits per heavy atom. The van der Waals surface area contributed by atoms with Gasteiger partial charge in [-0.05, 0) is 56.6 Å². The van der Waals surface area contributed by atoms with Gasteiger partial charge in [-0.15, -0.1) is 0 Å². The van der Waals surface area contributed by atoms with Crippen molar-refractivity contribution in [1.29, 1.82) is 0 Å². The fourth-order valence-electron chi connectivity index (χ4n) is 2.83. The van der Waals surface area contributed by atoms with Crippen molar-refractivity contribution in [2.45, 2.75) is 25.8 Å². The van der Waals surface area contributed by atoms with Crippen LogP contribution in [0.2, 0.25) is 0 Å². The lowest BCUT2D eigenvalue weighted by Crippen LogP contribution is -2.30. The Hall–Kier alpha value is -1.06. The molecule has 0 bridgehead atoms. The zero-order valence-electron chi connectivity index (χ0n) is 11.6. The second-order valence-electron chi connectivity index (χ2n) is 5.44. The monoisotopic (exact) mass is 248 g/mol. The summed E-state index contributed by atoms with van der Waals surface area (Å²) in [6.07, 6.45) is 2.25. The van der Waals surface area contributed by atoms with Gasteiger partial charge in [0.05, 0.1) is 6.61 Å². The minimum atomic E-state index is 0.377. The van der Waals surface area contributed by atoms with Crippen molar-refractivity contribution < 1.29 is 4.74 Å². The Bertz CT molecular complexity index is 403. The van der Waals surface area contributed by atoms with Crippen molar-refractivity contribution in [1.82, 2.24) is 4.90 Å². The molecule has 2 unspecified atom stereocenters. The molecule has 0 aromatic heterocycles. The van der Waals surface area contributed by atoms with E-state index in [9.17, 15) is 0 Å². The van der Waals surface area contributed by atoms with Crippen molar-refractivity contribution in [3.8, 4) is 5.75 Å². The van der Waals surface area contributed by atoms with Crippen LogP contribution in [-0.4, -0.2) is 32.1 Å². The van der Waals surface area contributed by atoms with Gasteiger partial charge in [0.25, 0.3) is 0 Å². The second-order valence-corrected chi connectivity index (χ2v) is 5.44. The molecule has 2 atom stereocenters. The Morgan fingerprint density at radius 2 is 2.17 bits per heavy atom. The number of benzene rings is 1. The number of fused-ring (bicyclic) bond motifs is 1. The summed E-state index contributed by atoms with van der Waals surface area (Å²) in [6.45, 7) is 3.76. The maximum atomic E-state index is 5.83. The zero-order valence-corrected chi connectivity index (χ0v) is 11.6. The van der Waals surface area contributed by atoms with Crippen molar-refractivity contribution in [3.05, 3.63) is 29.3 Å². The summed E-state index contributed by atoms with van der Waals surface area (Å²) in [5.74, 6) is 1.51. The second kappa shape index (κ2) is 5.72. The van der Waals surface area contributed by atoms with E-state index in [0.717, 1.165) is 25.2 Å². The van der Waals surface area contributed by atoms with Crippen LogP contribution in [0.3, 0.4) is 0 Å². The lowest BCUT2D eigenvalue weighted by molar-refractivity contribution is 0.226. The number of hydrogen-bond donors (Lipinski definition) is 1. The summed E-state index contributed by atoms with van der Waals surface area (Å²) in [7, 11) is 4.24. The summed E-state index contributed by atoms with van der Waals surface area (Å²) < 4.78 is 5.67. The molecule has 0 saturated heterocycles. The fraction of sp³-hybridized carbons (Fsp3) is 0.600. The predicted molar refractivity (Wildman–Crippen MR) is 74.9 cm³/mol. The summed E-state index contributed by atoms with van der Waals surface area (Å²) in [5, 5.41) is 0. The third-order valence-corrected chi connectivity index (χ3v) is 3.74. The van der Waals surface area contributed by atoms with Gasteiger partial charge in [-0.3, -0.25) is 0 Å². The van der Waals surface area contributed by atoms with E-state index in [0.29, 0.717) is 18.5 Å². The highest BCUT2D eigenvalue weighted by Crippen LogP contribution is 2.32. The minimum absolute atomic E-state index is 0.377. The number of nitrogens with zero attached hydrogens (tertiary/aromatic N) is 1. The van der Waals surface area contributed by atoms with Crippen LogP contribution < -0.4 is 10.5 Å². The number of ether oxygens (including phenoxy) is 1. The highest BCUT2D eigenvalue weighted by molar-refractivity contribution is 5.39. The van der Waals surface area contributed by atoms with E-state index >= 15 is 0 Å². The molecule has 3 heteroatoms. The van der Waals surface area contributed by atoms with Gasteiger partial charge in [-0.1, -0.05) is 19.1 Å². The number of hydrogen-bond acceptors (Lipinski definition) is 3. The highest BCUT2D eigenvalue weighted by atomic mass is 16.5. The first-order valence-corrected chi connectivity index (χ1v) is 6.75. The lowest BCUT2D eigenvalue weighted by Gasteiger charge is -2.31. The van der Waals surface area contributed by atoms with E-state index in [1.165, 1.54) is 11.1 Å². The molecule has 2 N–H and O–H groups in total. The minimum Gasteiger partial charge on any atom is -0.493 e. The summed E-state index contributed by atoms with van der Waals surface area (Å²) >= 11 is 0. The SMILES string of the molecule is CC(CN)C(c1ccc2c(c1)CCCO2)N(C)C. The number of nitrogens with two attached hydrogens (primary N) is 1. The van der Waals surface area contributed by atoms with Crippen molar-refractivity contribution in [2.75, 3.05) is 27.2 Å². The summed E-state index contributed by atoms with van der Waals surface area (Å²) in [5.41, 5.74) is 8.53. The van der Waals surface area contributed by atoms with Gasteiger partial charge in [-0.25, -0.2) is 0 Å². The van der Waals surface area contributed by atoms with Crippen LogP contribution in [-0.2, 0) is 6.42 Å². The average Bonchev–Trinajstić information content (AvgIpc) is 2.38. The van der Waals surface area contributed by atoms with E-state index in [4.69, 9.17) is 10.5 Å². The van der Waals surface area contributed by atoms with Crippen LogP contribution in [0.5, 0.6) is 5.75 Å². The maximum absolute atomic E-state index is 5.83. The van der Waals surface area contributed by atoms with Crippen LogP contribution >= 0.6 is 0 Å². The van der Waals surface area contributed by atoms with E-state index in [1.807, 2.05) is 0 Å². The molecule has 0 fully saturated rings. The quantitative estimate of drug-likeness (QED) is 0.888. The molecule has 3 nitrogen and oxygen atoms in total. The average molecular weight is 248 g/mol. The molecule has 1 aliphatic rings. The number of rotatable bonds is 4. The molecular formula is C15H24N2O. The van der Waals surface area contributed by atoms with Crippen LogP contribution in [0, 0.1) is 5.92 Å². The van der Waals surface area contributed by atoms with Gasteiger partial charge >= 0.3 is 0 Å². The van der Waals surface area contributed by atoms with Crippen LogP contribution in [0.1, 0.15) is 30.5 Å². The van der Waals surface area contributed by atoms with E-state index in [-0.39, 0.29) is 0 Å². The van der Waals surface area contributed by atoms with Crippen molar-refractivity contribution in [2.24, 2.45) is 11.7 Å². The maximum Gasteiger partial charge on any atom is 0.122 e. The normalized spacial score (nSPS) is 18.1. The Labute approximate surface area is 110 Å². The third kappa shape index (κ3) is 2.68. The van der Waals surface area contributed by atoms with Gasteiger partial charge in [-0.2, -0.15) is 0 Å². The van der Waals surface area contributed by atoms with E-state index < -0.39 is 0 Å². The first kappa shape index (κ1) is 13.4. The summed E-state index contributed by atoms with van der Waals surface area (Å²) in [6, 6.07) is 6.97. The molecule has 0 amide bonds. The Morgan fingerprint density at radius 3 is 2.83 bits per heavy atom. The van der Waals surface area contributed by atoms with E-state index in [2.05, 4.69) is 44.1 Å². The zero-order chi connectivity index (χ0) is 13.1. The van der Waals surface area contributed by atoms with Gasteiger partial charge in [0.15, 0.2) is 0 Å². The molecular weight excluding hydrogens is 224 g/mol. The van der Waals surface area contributed by atoms with Gasteiger partial charge in [0, 0.05) is 6.04 Å². The third-order valence-electron chi connectivity index (χ3n) is 3.74. The molecule has 1 heterocycles. The standard InChI is InChI=1S/C15H24N2O/c1-11(10-16)15(17(2)3)13-6-7-14-12(9-13)5-4-8-18-14/h6-7,9,11,15H,4-5,8,10,16H2,1-3H3. The Balaban J connectivity index is 2.30. The molecule has 1 aliphatic heterocycles. The number of aryl methyl sites for hydroxylation is 1. The molecule has 2 rings (SSSR count). The van der Waals surface area contributed by atoms with E-state index in [1.54, 1.807) is 0 Å². The van der Waals surface area contributed by atoms with Gasteiger partial charge in [0.2, 0.25) is 0 Å². The topological polar surface area (TPSA) is 38.5 Å². The van der Waals surface area contributed by atoms with Crippen LogP contribution in [0.15, 0.2) is 18.2 Å². The van der Waals surface area contributed by atoms with Crippen LogP contribution in [0.25, 0.3) is 0 Å². The summed E-state index contributed by atoms with van der Waals surface area (Å²) in [4.78, 5) is 2.25. The molecule has 18 heavy (non-hydrogen) atoms. The molecule has 1 aromatic carbocycles. The lowest BCUT2D eigenvalue weighted by atomic mass is 9.91. The van der Waals surface area contributed by atoms with Gasteiger partial charge in [0.1, 0.15) is 5.75 Å².